The lowest BCUT2D eigenvalue weighted by atomic mass is 10.2. The molecule has 0 unspecified atom stereocenters. The fraction of sp³-hybridized carbons (Fsp3) is 0.455. The van der Waals surface area contributed by atoms with Crippen molar-refractivity contribution in [3.8, 4) is 0 Å². The van der Waals surface area contributed by atoms with E-state index in [2.05, 4.69) is 5.32 Å². The van der Waals surface area contributed by atoms with E-state index in [1.807, 2.05) is 0 Å². The first kappa shape index (κ1) is 12.7. The number of hydrogen-bond donors (Lipinski definition) is 3. The number of nitro groups is 1. The van der Waals surface area contributed by atoms with Crippen LogP contribution in [0.1, 0.15) is 6.42 Å². The molecule has 0 aromatic heterocycles. The molecule has 3 atom stereocenters. The molecule has 0 bridgehead atoms. The molecule has 0 aliphatic carbocycles. The Morgan fingerprint density at radius 2 is 2.11 bits per heavy atom. The maximum Gasteiger partial charge on any atom is 0.269 e. The van der Waals surface area contributed by atoms with Gasteiger partial charge in [-0.3, -0.25) is 10.1 Å². The minimum Gasteiger partial charge on any atom is -0.394 e. The van der Waals surface area contributed by atoms with Crippen molar-refractivity contribution in [2.24, 2.45) is 0 Å². The van der Waals surface area contributed by atoms with Crippen LogP contribution < -0.4 is 5.32 Å². The van der Waals surface area contributed by atoms with Gasteiger partial charge in [0, 0.05) is 24.2 Å². The molecule has 1 aromatic carbocycles. The summed E-state index contributed by atoms with van der Waals surface area (Å²) in [4.78, 5) is 10.0. The van der Waals surface area contributed by atoms with Crippen molar-refractivity contribution in [2.75, 3.05) is 11.9 Å². The van der Waals surface area contributed by atoms with Crippen molar-refractivity contribution in [1.29, 1.82) is 0 Å². The summed E-state index contributed by atoms with van der Waals surface area (Å²) in [6, 6.07) is 5.91. The highest BCUT2D eigenvalue weighted by Crippen LogP contribution is 2.23. The molecular formula is C11H14N2O5. The van der Waals surface area contributed by atoms with E-state index in [-0.39, 0.29) is 12.3 Å². The molecule has 3 N–H and O–H groups in total. The standard InChI is InChI=1S/C11H14N2O5/c14-6-10-9(15)5-11(18-10)12-7-1-3-8(4-2-7)13(16)17/h1-4,9-12,14-15H,5-6H2/t9-,10+,11-/m1/s1. The van der Waals surface area contributed by atoms with Crippen LogP contribution in [-0.2, 0) is 4.74 Å². The van der Waals surface area contributed by atoms with Crippen molar-refractivity contribution in [3.05, 3.63) is 34.4 Å². The number of benzene rings is 1. The minimum absolute atomic E-state index is 0.0150. The number of aliphatic hydroxyl groups is 2. The van der Waals surface area contributed by atoms with Crippen molar-refractivity contribution < 1.29 is 19.9 Å². The average molecular weight is 254 g/mol. The van der Waals surface area contributed by atoms with Crippen LogP contribution in [0.4, 0.5) is 11.4 Å². The van der Waals surface area contributed by atoms with Gasteiger partial charge < -0.3 is 20.3 Å². The second kappa shape index (κ2) is 5.30. The molecule has 1 aliphatic heterocycles. The Morgan fingerprint density at radius 1 is 1.44 bits per heavy atom. The van der Waals surface area contributed by atoms with Gasteiger partial charge in [0.1, 0.15) is 12.3 Å². The van der Waals surface area contributed by atoms with Gasteiger partial charge in [0.15, 0.2) is 0 Å². The largest absolute Gasteiger partial charge is 0.394 e. The highest BCUT2D eigenvalue weighted by Gasteiger charge is 2.33. The Hall–Kier alpha value is -1.70. The summed E-state index contributed by atoms with van der Waals surface area (Å²) >= 11 is 0. The lowest BCUT2D eigenvalue weighted by Crippen LogP contribution is -2.25. The van der Waals surface area contributed by atoms with Gasteiger partial charge in [0.05, 0.1) is 17.6 Å². The molecule has 1 saturated heterocycles. The number of nitro benzene ring substituents is 1. The predicted octanol–water partition coefficient (Wildman–Crippen LogP) is 0.475. The SMILES string of the molecule is O=[N+]([O-])c1ccc(N[C@H]2C[C@@H](O)[C@H](CO)O2)cc1. The molecule has 2 rings (SSSR count). The summed E-state index contributed by atoms with van der Waals surface area (Å²) in [5, 5.41) is 31.9. The average Bonchev–Trinajstić information content (AvgIpc) is 2.70. The second-order valence-electron chi connectivity index (χ2n) is 4.10. The lowest BCUT2D eigenvalue weighted by Gasteiger charge is -2.14. The maximum atomic E-state index is 10.5. The number of hydrogen-bond acceptors (Lipinski definition) is 6. The molecule has 18 heavy (non-hydrogen) atoms. The Kier molecular flexibility index (Phi) is 3.75. The zero-order chi connectivity index (χ0) is 13.1. The normalized spacial score (nSPS) is 27.1. The molecule has 7 nitrogen and oxygen atoms in total. The maximum absolute atomic E-state index is 10.5. The van der Waals surface area contributed by atoms with Crippen LogP contribution in [-0.4, -0.2) is 40.2 Å². The number of anilines is 1. The number of ether oxygens (including phenoxy) is 1. The first-order valence-electron chi connectivity index (χ1n) is 5.55. The Labute approximate surface area is 103 Å². The monoisotopic (exact) mass is 254 g/mol. The quantitative estimate of drug-likeness (QED) is 0.533. The molecule has 0 radical (unpaired) electrons. The number of non-ortho nitro benzene ring substituents is 1. The van der Waals surface area contributed by atoms with Gasteiger partial charge in [-0.25, -0.2) is 0 Å². The highest BCUT2D eigenvalue weighted by molar-refractivity contribution is 5.48. The topological polar surface area (TPSA) is 105 Å². The van der Waals surface area contributed by atoms with Crippen LogP contribution in [0.25, 0.3) is 0 Å². The van der Waals surface area contributed by atoms with E-state index in [0.717, 1.165) is 0 Å². The highest BCUT2D eigenvalue weighted by atomic mass is 16.6. The third-order valence-corrected chi connectivity index (χ3v) is 2.81. The van der Waals surface area contributed by atoms with Gasteiger partial charge in [-0.2, -0.15) is 0 Å². The number of aliphatic hydroxyl groups excluding tert-OH is 2. The van der Waals surface area contributed by atoms with Gasteiger partial charge >= 0.3 is 0 Å². The molecule has 0 saturated carbocycles. The van der Waals surface area contributed by atoms with Crippen molar-refractivity contribution in [2.45, 2.75) is 24.9 Å². The van der Waals surface area contributed by atoms with E-state index < -0.39 is 23.4 Å². The fourth-order valence-electron chi connectivity index (χ4n) is 1.85. The Morgan fingerprint density at radius 3 is 2.61 bits per heavy atom. The summed E-state index contributed by atoms with van der Waals surface area (Å²) in [5.74, 6) is 0. The van der Waals surface area contributed by atoms with E-state index in [1.165, 1.54) is 12.1 Å². The minimum atomic E-state index is -0.703. The molecule has 1 aliphatic rings. The van der Waals surface area contributed by atoms with Gasteiger partial charge in [-0.05, 0) is 12.1 Å². The molecule has 1 aromatic rings. The fourth-order valence-corrected chi connectivity index (χ4v) is 1.85. The molecule has 1 fully saturated rings. The van der Waals surface area contributed by atoms with E-state index in [4.69, 9.17) is 9.84 Å². The smallest absolute Gasteiger partial charge is 0.269 e. The van der Waals surface area contributed by atoms with Crippen LogP contribution in [0.2, 0.25) is 0 Å². The van der Waals surface area contributed by atoms with E-state index in [0.29, 0.717) is 12.1 Å². The lowest BCUT2D eigenvalue weighted by molar-refractivity contribution is -0.384. The number of nitrogens with one attached hydrogen (secondary N) is 1. The summed E-state index contributed by atoms with van der Waals surface area (Å²) in [5.41, 5.74) is 0.678. The molecule has 1 heterocycles. The van der Waals surface area contributed by atoms with E-state index in [9.17, 15) is 15.2 Å². The van der Waals surface area contributed by atoms with Crippen molar-refractivity contribution in [1.82, 2.24) is 0 Å². The third-order valence-electron chi connectivity index (χ3n) is 2.81. The molecule has 7 heteroatoms. The zero-order valence-electron chi connectivity index (χ0n) is 9.52. The van der Waals surface area contributed by atoms with Gasteiger partial charge in [0.2, 0.25) is 0 Å². The van der Waals surface area contributed by atoms with Gasteiger partial charge in [-0.15, -0.1) is 0 Å². The summed E-state index contributed by atoms with van der Waals surface area (Å²) in [7, 11) is 0. The zero-order valence-corrected chi connectivity index (χ0v) is 9.52. The van der Waals surface area contributed by atoms with Crippen LogP contribution in [0.5, 0.6) is 0 Å². The van der Waals surface area contributed by atoms with E-state index >= 15 is 0 Å². The first-order valence-corrected chi connectivity index (χ1v) is 5.55. The van der Waals surface area contributed by atoms with Crippen molar-refractivity contribution >= 4 is 11.4 Å². The second-order valence-corrected chi connectivity index (χ2v) is 4.10. The Balaban J connectivity index is 1.96. The first-order chi connectivity index (χ1) is 8.60. The molecule has 98 valence electrons. The number of nitrogens with zero attached hydrogens (tertiary/aromatic N) is 1. The molecular weight excluding hydrogens is 240 g/mol. The molecule has 0 amide bonds. The van der Waals surface area contributed by atoms with Gasteiger partial charge in [0.25, 0.3) is 5.69 Å². The predicted molar refractivity (Wildman–Crippen MR) is 63.1 cm³/mol. The van der Waals surface area contributed by atoms with Crippen LogP contribution in [0, 0.1) is 10.1 Å². The number of rotatable bonds is 4. The molecule has 0 spiro atoms. The summed E-state index contributed by atoms with van der Waals surface area (Å²) in [6.45, 7) is -0.236. The van der Waals surface area contributed by atoms with Crippen LogP contribution >= 0.6 is 0 Å². The summed E-state index contributed by atoms with van der Waals surface area (Å²) in [6.07, 6.45) is -1.33. The Bertz CT molecular complexity index is 422. The van der Waals surface area contributed by atoms with Crippen LogP contribution in [0.3, 0.4) is 0 Å². The van der Waals surface area contributed by atoms with Crippen molar-refractivity contribution in [3.63, 3.8) is 0 Å². The van der Waals surface area contributed by atoms with Gasteiger partial charge in [-0.1, -0.05) is 0 Å². The third kappa shape index (κ3) is 2.76. The van der Waals surface area contributed by atoms with Crippen LogP contribution in [0.15, 0.2) is 24.3 Å². The van der Waals surface area contributed by atoms with E-state index in [1.54, 1.807) is 12.1 Å². The summed E-state index contributed by atoms with van der Waals surface area (Å²) < 4.78 is 5.36.